The number of hydrogen-bond donors (Lipinski definition) is 1. The molecule has 4 aromatic rings. The average molecular weight is 440 g/mol. The lowest BCUT2D eigenvalue weighted by Crippen LogP contribution is -2.13. The second kappa shape index (κ2) is 7.60. The van der Waals surface area contributed by atoms with E-state index in [0.717, 1.165) is 26.8 Å². The molecular weight excluding hydrogens is 421 g/mol. The van der Waals surface area contributed by atoms with E-state index in [1.165, 1.54) is 23.8 Å². The molecule has 2 aromatic carbocycles. The molecule has 5 rings (SSSR count). The van der Waals surface area contributed by atoms with Crippen molar-refractivity contribution in [2.24, 2.45) is 5.92 Å². The van der Waals surface area contributed by atoms with Gasteiger partial charge in [0.25, 0.3) is 0 Å². The summed E-state index contributed by atoms with van der Waals surface area (Å²) in [5.41, 5.74) is 4.14. The SMILES string of the molecule is Cc1sc(NC(c2ccnc3ccccc23)C2CC2)nc1-c1ccc(Cl)cc1Cl. The fourth-order valence-corrected chi connectivity index (χ4v) is 5.15. The molecule has 0 saturated heterocycles. The highest BCUT2D eigenvalue weighted by atomic mass is 35.5. The van der Waals surface area contributed by atoms with E-state index < -0.39 is 0 Å². The normalized spacial score (nSPS) is 14.9. The predicted molar refractivity (Wildman–Crippen MR) is 123 cm³/mol. The van der Waals surface area contributed by atoms with Crippen molar-refractivity contribution in [2.45, 2.75) is 25.8 Å². The number of nitrogens with one attached hydrogen (secondary N) is 1. The van der Waals surface area contributed by atoms with Crippen molar-refractivity contribution in [1.29, 1.82) is 0 Å². The molecule has 29 heavy (non-hydrogen) atoms. The Balaban J connectivity index is 1.51. The number of anilines is 1. The number of fused-ring (bicyclic) bond motifs is 1. The molecule has 1 N–H and O–H groups in total. The Hall–Kier alpha value is -2.14. The average Bonchev–Trinajstić information content (AvgIpc) is 3.49. The fraction of sp³-hybridized carbons (Fsp3) is 0.217. The number of pyridine rings is 1. The molecule has 1 aliphatic carbocycles. The lowest BCUT2D eigenvalue weighted by molar-refractivity contribution is 0.682. The predicted octanol–water partition coefficient (Wildman–Crippen LogP) is 7.54. The van der Waals surface area contributed by atoms with Gasteiger partial charge >= 0.3 is 0 Å². The molecule has 0 spiro atoms. The molecule has 1 unspecified atom stereocenters. The van der Waals surface area contributed by atoms with Gasteiger partial charge in [-0.25, -0.2) is 4.98 Å². The van der Waals surface area contributed by atoms with E-state index in [4.69, 9.17) is 28.2 Å². The zero-order valence-electron chi connectivity index (χ0n) is 15.8. The Morgan fingerprint density at radius 2 is 1.93 bits per heavy atom. The first-order valence-electron chi connectivity index (χ1n) is 9.63. The zero-order chi connectivity index (χ0) is 20.0. The van der Waals surface area contributed by atoms with Gasteiger partial charge in [-0.2, -0.15) is 0 Å². The molecule has 1 atom stereocenters. The topological polar surface area (TPSA) is 37.8 Å². The molecule has 1 saturated carbocycles. The van der Waals surface area contributed by atoms with E-state index in [1.807, 2.05) is 24.4 Å². The Bertz CT molecular complexity index is 1190. The lowest BCUT2D eigenvalue weighted by Gasteiger charge is -2.20. The molecular formula is C23H19Cl2N3S. The van der Waals surface area contributed by atoms with Gasteiger partial charge in [0, 0.05) is 27.0 Å². The molecule has 0 aliphatic heterocycles. The second-order valence-corrected chi connectivity index (χ2v) is 9.47. The molecule has 0 bridgehead atoms. The maximum Gasteiger partial charge on any atom is 0.183 e. The van der Waals surface area contributed by atoms with E-state index in [-0.39, 0.29) is 6.04 Å². The van der Waals surface area contributed by atoms with Crippen molar-refractivity contribution in [2.75, 3.05) is 5.32 Å². The van der Waals surface area contributed by atoms with Gasteiger partial charge in [-0.15, -0.1) is 11.3 Å². The third kappa shape index (κ3) is 3.73. The highest BCUT2D eigenvalue weighted by molar-refractivity contribution is 7.16. The maximum atomic E-state index is 6.43. The fourth-order valence-electron chi connectivity index (χ4n) is 3.79. The van der Waals surface area contributed by atoms with Gasteiger partial charge in [0.1, 0.15) is 0 Å². The van der Waals surface area contributed by atoms with Crippen LogP contribution in [-0.4, -0.2) is 9.97 Å². The minimum atomic E-state index is 0.224. The minimum Gasteiger partial charge on any atom is -0.354 e. The van der Waals surface area contributed by atoms with E-state index in [2.05, 4.69) is 41.5 Å². The number of rotatable bonds is 5. The monoisotopic (exact) mass is 439 g/mol. The molecule has 0 amide bonds. The van der Waals surface area contributed by atoms with Crippen LogP contribution < -0.4 is 5.32 Å². The van der Waals surface area contributed by atoms with Crippen molar-refractivity contribution in [1.82, 2.24) is 9.97 Å². The summed E-state index contributed by atoms with van der Waals surface area (Å²) in [6.45, 7) is 2.08. The number of hydrogen-bond acceptors (Lipinski definition) is 4. The first kappa shape index (κ1) is 18.9. The summed E-state index contributed by atoms with van der Waals surface area (Å²) in [6.07, 6.45) is 4.36. The molecule has 2 heterocycles. The van der Waals surface area contributed by atoms with Gasteiger partial charge in [-0.1, -0.05) is 41.4 Å². The van der Waals surface area contributed by atoms with Crippen LogP contribution in [0.4, 0.5) is 5.13 Å². The summed E-state index contributed by atoms with van der Waals surface area (Å²) in [6, 6.07) is 16.2. The summed E-state index contributed by atoms with van der Waals surface area (Å²) in [7, 11) is 0. The van der Waals surface area contributed by atoms with Crippen LogP contribution >= 0.6 is 34.5 Å². The van der Waals surface area contributed by atoms with E-state index in [9.17, 15) is 0 Å². The van der Waals surface area contributed by atoms with Crippen LogP contribution in [0, 0.1) is 12.8 Å². The maximum absolute atomic E-state index is 6.43. The largest absolute Gasteiger partial charge is 0.354 e. The number of aromatic nitrogens is 2. The minimum absolute atomic E-state index is 0.224. The number of benzene rings is 2. The van der Waals surface area contributed by atoms with E-state index in [1.54, 1.807) is 17.4 Å². The third-order valence-electron chi connectivity index (χ3n) is 5.37. The summed E-state index contributed by atoms with van der Waals surface area (Å²) in [4.78, 5) is 10.5. The van der Waals surface area contributed by atoms with Crippen LogP contribution in [0.5, 0.6) is 0 Å². The van der Waals surface area contributed by atoms with Gasteiger partial charge < -0.3 is 5.32 Å². The van der Waals surface area contributed by atoms with Crippen molar-refractivity contribution in [3.8, 4) is 11.3 Å². The van der Waals surface area contributed by atoms with Gasteiger partial charge in [0.15, 0.2) is 5.13 Å². The molecule has 2 aromatic heterocycles. The number of nitrogens with zero attached hydrogens (tertiary/aromatic N) is 2. The van der Waals surface area contributed by atoms with Crippen LogP contribution in [0.15, 0.2) is 54.7 Å². The highest BCUT2D eigenvalue weighted by Crippen LogP contribution is 2.45. The summed E-state index contributed by atoms with van der Waals surface area (Å²) < 4.78 is 0. The lowest BCUT2D eigenvalue weighted by atomic mass is 9.98. The summed E-state index contributed by atoms with van der Waals surface area (Å²) >= 11 is 14.1. The third-order valence-corrected chi connectivity index (χ3v) is 6.82. The second-order valence-electron chi connectivity index (χ2n) is 7.42. The molecule has 146 valence electrons. The van der Waals surface area contributed by atoms with Crippen molar-refractivity contribution >= 4 is 50.6 Å². The van der Waals surface area contributed by atoms with Gasteiger partial charge in [0.2, 0.25) is 0 Å². The van der Waals surface area contributed by atoms with Crippen LogP contribution in [0.3, 0.4) is 0 Å². The van der Waals surface area contributed by atoms with Gasteiger partial charge in [-0.05, 0) is 61.6 Å². The smallest absolute Gasteiger partial charge is 0.183 e. The Morgan fingerprint density at radius 3 is 2.72 bits per heavy atom. The molecule has 1 fully saturated rings. The van der Waals surface area contributed by atoms with Gasteiger partial charge in [0.05, 0.1) is 22.3 Å². The number of para-hydroxylation sites is 1. The number of thiazole rings is 1. The van der Waals surface area contributed by atoms with Crippen LogP contribution in [0.2, 0.25) is 10.0 Å². The van der Waals surface area contributed by atoms with Crippen molar-refractivity contribution < 1.29 is 0 Å². The molecule has 0 radical (unpaired) electrons. The van der Waals surface area contributed by atoms with Gasteiger partial charge in [-0.3, -0.25) is 4.98 Å². The molecule has 1 aliphatic rings. The quantitative estimate of drug-likeness (QED) is 0.348. The summed E-state index contributed by atoms with van der Waals surface area (Å²) in [5, 5.41) is 7.09. The number of aryl methyl sites for hydroxylation is 1. The molecule has 3 nitrogen and oxygen atoms in total. The Labute approximate surface area is 183 Å². The zero-order valence-corrected chi connectivity index (χ0v) is 18.2. The highest BCUT2D eigenvalue weighted by Gasteiger charge is 2.34. The Morgan fingerprint density at radius 1 is 1.10 bits per heavy atom. The van der Waals surface area contributed by atoms with E-state index in [0.29, 0.717) is 16.0 Å². The van der Waals surface area contributed by atoms with Crippen molar-refractivity contribution in [3.05, 3.63) is 75.2 Å². The first-order valence-corrected chi connectivity index (χ1v) is 11.2. The van der Waals surface area contributed by atoms with Crippen LogP contribution in [0.25, 0.3) is 22.2 Å². The van der Waals surface area contributed by atoms with Crippen molar-refractivity contribution in [3.63, 3.8) is 0 Å². The van der Waals surface area contributed by atoms with Crippen LogP contribution in [-0.2, 0) is 0 Å². The molecule has 6 heteroatoms. The van der Waals surface area contributed by atoms with Crippen LogP contribution in [0.1, 0.15) is 29.3 Å². The standard InChI is InChI=1S/C23H19Cl2N3S/c1-13-21(18-9-8-15(24)12-19(18)25)27-23(29-13)28-22(14-6-7-14)17-10-11-26-20-5-3-2-4-16(17)20/h2-5,8-12,14,22H,6-7H2,1H3,(H,27,28). The Kier molecular flexibility index (Phi) is 4.94. The van der Waals surface area contributed by atoms with E-state index >= 15 is 0 Å². The number of halogens is 2. The first-order chi connectivity index (χ1) is 14.1. The summed E-state index contributed by atoms with van der Waals surface area (Å²) in [5.74, 6) is 0.618.